The van der Waals surface area contributed by atoms with Crippen molar-refractivity contribution in [2.75, 3.05) is 32.7 Å². The molecule has 0 spiro atoms. The predicted molar refractivity (Wildman–Crippen MR) is 423 cm³/mol. The van der Waals surface area contributed by atoms with Crippen LogP contribution in [0.5, 0.6) is 0 Å². The van der Waals surface area contributed by atoms with E-state index in [1.165, 1.54) is 6.92 Å². The highest BCUT2D eigenvalue weighted by molar-refractivity contribution is 5.99. The van der Waals surface area contributed by atoms with E-state index in [0.717, 1.165) is 13.3 Å². The molecular formula is C80H132N12O23. The highest BCUT2D eigenvalue weighted by Gasteiger charge is 2.39. The molecule has 2 rings (SSSR count). The SMILES string of the molecule is CCC[C@@H](C)OC(=O)CCC(=O)N[C@@H](CCC)C(=O)C[C@H](C(=O)N[C@@H](CCNC(=O)OC(C)(C)C)C(=O)C[C@H]1CCNC(=O)[C@H](C(C)O)NC(=O)[C@H](CCNC(=O)OC(C)(C)C)CC(=O)[C@H](CCNC(=O)OC(C)(C)C)NC(=O)[C@H](CC(C)C)NC(=O)[C@@H](Cc2ccccc2)NC(=O)[C@H](CCNC(=O)OC(C)(C)C)NC1=O)C(C)O. The van der Waals surface area contributed by atoms with Crippen molar-refractivity contribution in [3.63, 3.8) is 0 Å². The quantitative estimate of drug-likeness (QED) is 0.0325. The Kier molecular flexibility index (Phi) is 43.6. The average molecular weight is 1630 g/mol. The maximum absolute atomic E-state index is 15.4. The normalized spacial score (nSPS) is 20.3. The van der Waals surface area contributed by atoms with Crippen molar-refractivity contribution < 1.29 is 111 Å². The molecule has 2 unspecified atom stereocenters. The van der Waals surface area contributed by atoms with Crippen LogP contribution in [-0.2, 0) is 87.6 Å². The van der Waals surface area contributed by atoms with Gasteiger partial charge in [-0.05, 0) is 167 Å². The van der Waals surface area contributed by atoms with E-state index in [9.17, 15) is 67.7 Å². The van der Waals surface area contributed by atoms with Crippen LogP contribution in [0, 0.1) is 23.7 Å². The highest BCUT2D eigenvalue weighted by atomic mass is 16.6. The van der Waals surface area contributed by atoms with Gasteiger partial charge in [0.15, 0.2) is 17.3 Å². The third kappa shape index (κ3) is 43.1. The Hall–Kier alpha value is -9.54. The lowest BCUT2D eigenvalue weighted by Crippen LogP contribution is -2.59. The molecule has 1 saturated heterocycles. The number of ether oxygens (including phenoxy) is 5. The van der Waals surface area contributed by atoms with Gasteiger partial charge < -0.3 is 97.7 Å². The van der Waals surface area contributed by atoms with Gasteiger partial charge in [0.1, 0.15) is 46.6 Å². The van der Waals surface area contributed by atoms with Crippen molar-refractivity contribution in [1.82, 2.24) is 63.8 Å². The fourth-order valence-electron chi connectivity index (χ4n) is 11.9. The number of nitrogens with one attached hydrogen (secondary N) is 12. The lowest BCUT2D eigenvalue weighted by molar-refractivity contribution is -0.149. The molecule has 1 heterocycles. The molecule has 0 saturated carbocycles. The average Bonchev–Trinajstić information content (AvgIpc) is 1.21. The van der Waals surface area contributed by atoms with Crippen molar-refractivity contribution in [2.45, 2.75) is 317 Å². The number of hydrogen-bond acceptors (Lipinski definition) is 23. The zero-order chi connectivity index (χ0) is 87.3. The second-order valence-electron chi connectivity index (χ2n) is 33.6. The molecule has 12 amide bonds. The van der Waals surface area contributed by atoms with Gasteiger partial charge in [0.2, 0.25) is 47.3 Å². The van der Waals surface area contributed by atoms with E-state index in [4.69, 9.17) is 23.7 Å². The highest BCUT2D eigenvalue weighted by Crippen LogP contribution is 2.22. The molecule has 14 N–H and O–H groups in total. The first-order valence-electron chi connectivity index (χ1n) is 39.8. The van der Waals surface area contributed by atoms with E-state index in [1.807, 2.05) is 6.92 Å². The number of carbonyl (C=O) groups excluding carboxylic acids is 16. The van der Waals surface area contributed by atoms with E-state index < -0.39 is 248 Å². The summed E-state index contributed by atoms with van der Waals surface area (Å²) >= 11 is 0. The molecule has 1 aromatic carbocycles. The van der Waals surface area contributed by atoms with Gasteiger partial charge in [-0.2, -0.15) is 0 Å². The van der Waals surface area contributed by atoms with Crippen LogP contribution in [0.4, 0.5) is 19.2 Å². The summed E-state index contributed by atoms with van der Waals surface area (Å²) < 4.78 is 27.0. The summed E-state index contributed by atoms with van der Waals surface area (Å²) in [4.78, 5) is 227. The zero-order valence-corrected chi connectivity index (χ0v) is 70.8. The predicted octanol–water partition coefficient (Wildman–Crippen LogP) is 4.65. The van der Waals surface area contributed by atoms with Crippen molar-refractivity contribution in [3.8, 4) is 0 Å². The molecule has 1 fully saturated rings. The summed E-state index contributed by atoms with van der Waals surface area (Å²) in [5.41, 5.74) is -3.45. The van der Waals surface area contributed by atoms with Crippen LogP contribution in [0.25, 0.3) is 0 Å². The van der Waals surface area contributed by atoms with E-state index in [2.05, 4.69) is 63.8 Å². The number of Topliss-reactive ketones (excluding diaryl/α,β-unsaturated/α-hetero) is 3. The monoisotopic (exact) mass is 1630 g/mol. The van der Waals surface area contributed by atoms with Gasteiger partial charge in [0, 0.05) is 76.7 Å². The van der Waals surface area contributed by atoms with Crippen LogP contribution in [-0.4, -0.2) is 221 Å². The van der Waals surface area contributed by atoms with Crippen molar-refractivity contribution in [1.29, 1.82) is 0 Å². The molecule has 1 aromatic rings. The van der Waals surface area contributed by atoms with Crippen molar-refractivity contribution >= 4 is 94.9 Å². The number of aliphatic hydroxyl groups excluding tert-OH is 2. The number of ketones is 3. The molecule has 115 heavy (non-hydrogen) atoms. The number of amides is 12. The molecular weight excluding hydrogens is 1500 g/mol. The van der Waals surface area contributed by atoms with Crippen molar-refractivity contribution in [3.05, 3.63) is 35.9 Å². The summed E-state index contributed by atoms with van der Waals surface area (Å²) in [5.74, 6) is -16.0. The smallest absolute Gasteiger partial charge is 0.407 e. The largest absolute Gasteiger partial charge is 0.463 e. The van der Waals surface area contributed by atoms with Crippen molar-refractivity contribution in [2.24, 2.45) is 23.7 Å². The molecule has 35 nitrogen and oxygen atoms in total. The first-order chi connectivity index (χ1) is 53.4. The van der Waals surface area contributed by atoms with E-state index in [1.54, 1.807) is 141 Å². The topological polar surface area (TPSA) is 504 Å². The second-order valence-corrected chi connectivity index (χ2v) is 33.6. The zero-order valence-electron chi connectivity index (χ0n) is 70.8. The van der Waals surface area contributed by atoms with Gasteiger partial charge in [-0.1, -0.05) is 70.9 Å². The number of aliphatic hydroxyl groups is 2. The number of carbonyl (C=O) groups is 16. The summed E-state index contributed by atoms with van der Waals surface area (Å²) in [5, 5.41) is 53.7. The standard InChI is InChI=1S/C80H132N12O23/c1-20-25-47(5)111-64(99)30-29-63(98)86-54(26-21-2)62(97)45-53(48(6)93)68(102)87-55(33-38-83-74(108)113-78(11,12)13)60(95)43-51-31-36-81-72(106)65(49(7)94)92-67(101)52(32-37-82-73(107)112-77(8,9)10)44-61(96)56(34-39-84-75(109)114-79(14,15)16)88-70(104)58(41-46(3)4)90-71(105)59(42-50-27-23-22-24-28-50)91-69(103)57(89-66(51)100)35-40-85-76(110)115-80(17,18)19/h22-24,27-28,46-49,51-59,65,93-94H,20-21,25-26,29-45H2,1-19H3,(H,81,106)(H,82,107)(H,83,108)(H,84,109)(H,85,110)(H,86,98)(H,87,102)(H,88,104)(H,89,100)(H,90,105)(H,91,103)(H,92,101)/t47-,48?,49?,51-,52-,53+,54+,55+,56+,57+,58+,59-,65+/m1/s1. The Bertz CT molecular complexity index is 3400. The van der Waals surface area contributed by atoms with Gasteiger partial charge in [-0.15, -0.1) is 0 Å². The third-order valence-corrected chi connectivity index (χ3v) is 17.5. The molecule has 650 valence electrons. The minimum atomic E-state index is -1.85. The molecule has 1 aliphatic heterocycles. The van der Waals surface area contributed by atoms with E-state index in [-0.39, 0.29) is 70.1 Å². The Balaban J connectivity index is 3.07. The van der Waals surface area contributed by atoms with Crippen LogP contribution in [0.15, 0.2) is 30.3 Å². The fraction of sp³-hybridized carbons (Fsp3) is 0.725. The van der Waals surface area contributed by atoms with Gasteiger partial charge in [0.05, 0.1) is 48.8 Å². The van der Waals surface area contributed by atoms with Crippen LogP contribution in [0.2, 0.25) is 0 Å². The Morgan fingerprint density at radius 3 is 1.47 bits per heavy atom. The lowest BCUT2D eigenvalue weighted by Gasteiger charge is -2.28. The lowest BCUT2D eigenvalue weighted by atomic mass is 9.90. The summed E-state index contributed by atoms with van der Waals surface area (Å²) in [6.45, 7) is 28.5. The number of hydrogen-bond donors (Lipinski definition) is 14. The van der Waals surface area contributed by atoms with Gasteiger partial charge >= 0.3 is 30.3 Å². The summed E-state index contributed by atoms with van der Waals surface area (Å²) in [6, 6.07) is -2.78. The molecule has 35 heteroatoms. The number of rotatable bonds is 35. The molecule has 0 radical (unpaired) electrons. The Morgan fingerprint density at radius 1 is 0.504 bits per heavy atom. The van der Waals surface area contributed by atoms with Gasteiger partial charge in [-0.3, -0.25) is 57.5 Å². The first kappa shape index (κ1) is 102. The minimum Gasteiger partial charge on any atom is -0.463 e. The maximum atomic E-state index is 15.4. The summed E-state index contributed by atoms with van der Waals surface area (Å²) in [7, 11) is 0. The first-order valence-corrected chi connectivity index (χ1v) is 39.8. The number of esters is 1. The molecule has 0 aliphatic carbocycles. The van der Waals surface area contributed by atoms with Crippen LogP contribution < -0.4 is 63.8 Å². The Labute approximate surface area is 676 Å². The van der Waals surface area contributed by atoms with Crippen LogP contribution in [0.3, 0.4) is 0 Å². The molecule has 1 aliphatic rings. The number of alkyl carbamates (subject to hydrolysis) is 4. The fourth-order valence-corrected chi connectivity index (χ4v) is 11.9. The van der Waals surface area contributed by atoms with Crippen LogP contribution >= 0.6 is 0 Å². The molecule has 13 atom stereocenters. The molecule has 0 bridgehead atoms. The molecule has 0 aromatic heterocycles. The maximum Gasteiger partial charge on any atom is 0.407 e. The van der Waals surface area contributed by atoms with Gasteiger partial charge in [-0.25, -0.2) is 19.2 Å². The Morgan fingerprint density at radius 2 is 0.965 bits per heavy atom. The van der Waals surface area contributed by atoms with E-state index in [0.29, 0.717) is 18.4 Å². The third-order valence-electron chi connectivity index (χ3n) is 17.5. The second kappa shape index (κ2) is 49.4. The summed E-state index contributed by atoms with van der Waals surface area (Å²) in [6.07, 6.45) is -10.9. The van der Waals surface area contributed by atoms with E-state index >= 15 is 19.2 Å². The van der Waals surface area contributed by atoms with Gasteiger partial charge in [0.25, 0.3) is 0 Å². The van der Waals surface area contributed by atoms with Crippen LogP contribution in [0.1, 0.15) is 233 Å². The number of benzene rings is 1. The minimum absolute atomic E-state index is 0.0809.